The van der Waals surface area contributed by atoms with Gasteiger partial charge in [-0.05, 0) is 24.6 Å². The molecule has 9 heteroatoms. The molecule has 2 aromatic carbocycles. The molecule has 0 atom stereocenters. The average molecular weight is 421 g/mol. The number of halogens is 1. The first kappa shape index (κ1) is 18.4. The summed E-state index contributed by atoms with van der Waals surface area (Å²) >= 11 is 6.00. The summed E-state index contributed by atoms with van der Waals surface area (Å²) in [5.74, 6) is 1.03. The van der Waals surface area contributed by atoms with Crippen LogP contribution < -0.4 is 11.2 Å². The molecule has 0 fully saturated rings. The molecule has 0 unspecified atom stereocenters. The third-order valence-electron chi connectivity index (χ3n) is 5.20. The number of aryl methyl sites for hydroxylation is 2. The summed E-state index contributed by atoms with van der Waals surface area (Å²) in [6, 6.07) is 15.2. The molecular weight excluding hydrogens is 404 g/mol. The van der Waals surface area contributed by atoms with Crippen molar-refractivity contribution in [2.24, 2.45) is 7.05 Å². The number of benzene rings is 2. The summed E-state index contributed by atoms with van der Waals surface area (Å²) < 4.78 is 4.93. The molecule has 1 N–H and O–H groups in total. The van der Waals surface area contributed by atoms with Crippen LogP contribution >= 0.6 is 11.6 Å². The molecule has 0 aliphatic carbocycles. The van der Waals surface area contributed by atoms with Gasteiger partial charge in [0.25, 0.3) is 5.56 Å². The molecule has 0 amide bonds. The van der Waals surface area contributed by atoms with Crippen LogP contribution in [0.5, 0.6) is 0 Å². The molecule has 150 valence electrons. The van der Waals surface area contributed by atoms with E-state index >= 15 is 0 Å². The van der Waals surface area contributed by atoms with Gasteiger partial charge in [0.15, 0.2) is 17.0 Å². The maximum atomic E-state index is 12.8. The lowest BCUT2D eigenvalue weighted by Gasteiger charge is -2.05. The molecule has 8 nitrogen and oxygen atoms in total. The van der Waals surface area contributed by atoms with E-state index in [9.17, 15) is 9.59 Å². The van der Waals surface area contributed by atoms with Gasteiger partial charge in [-0.2, -0.15) is 0 Å². The fourth-order valence-corrected chi connectivity index (χ4v) is 3.78. The highest BCUT2D eigenvalue weighted by Gasteiger charge is 2.22. The Balaban J connectivity index is 1.86. The van der Waals surface area contributed by atoms with Crippen LogP contribution in [0.25, 0.3) is 28.3 Å². The monoisotopic (exact) mass is 420 g/mol. The van der Waals surface area contributed by atoms with Gasteiger partial charge in [0.2, 0.25) is 5.78 Å². The number of imidazole rings is 1. The van der Waals surface area contributed by atoms with Gasteiger partial charge in [-0.1, -0.05) is 53.6 Å². The molecule has 0 bridgehead atoms. The molecular formula is C21H17ClN6O2. The predicted molar refractivity (Wildman–Crippen MR) is 115 cm³/mol. The van der Waals surface area contributed by atoms with Crippen LogP contribution in [0.1, 0.15) is 11.1 Å². The van der Waals surface area contributed by atoms with Gasteiger partial charge in [0, 0.05) is 17.6 Å². The minimum atomic E-state index is -0.499. The quantitative estimate of drug-likeness (QED) is 0.486. The van der Waals surface area contributed by atoms with Gasteiger partial charge in [0.05, 0.1) is 6.54 Å². The summed E-state index contributed by atoms with van der Waals surface area (Å²) in [5, 5.41) is 9.36. The van der Waals surface area contributed by atoms with Crippen molar-refractivity contribution in [2.45, 2.75) is 13.5 Å². The van der Waals surface area contributed by atoms with Crippen molar-refractivity contribution in [3.63, 3.8) is 0 Å². The lowest BCUT2D eigenvalue weighted by atomic mass is 10.1. The molecule has 0 radical (unpaired) electrons. The first-order valence-electron chi connectivity index (χ1n) is 9.32. The zero-order chi connectivity index (χ0) is 21.0. The highest BCUT2D eigenvalue weighted by atomic mass is 35.5. The second kappa shape index (κ2) is 6.70. The fraction of sp³-hybridized carbons (Fsp3) is 0.143. The van der Waals surface area contributed by atoms with Crippen LogP contribution in [0.15, 0.2) is 58.1 Å². The minimum absolute atomic E-state index is 0.352. The van der Waals surface area contributed by atoms with E-state index in [4.69, 9.17) is 11.6 Å². The Morgan fingerprint density at radius 3 is 2.40 bits per heavy atom. The predicted octanol–water partition coefficient (Wildman–Crippen LogP) is 2.75. The molecule has 30 heavy (non-hydrogen) atoms. The van der Waals surface area contributed by atoms with E-state index in [2.05, 4.69) is 15.2 Å². The number of hydrogen-bond acceptors (Lipinski definition) is 4. The number of aromatic nitrogens is 6. The SMILES string of the molecule is Cc1ccc(-c2nnc3n(Cc4ccc(Cl)cc4)c4c(=O)[nH]c(=O)n(C)c4n23)cc1. The Morgan fingerprint density at radius 1 is 1.00 bits per heavy atom. The van der Waals surface area contributed by atoms with Gasteiger partial charge in [-0.3, -0.25) is 18.9 Å². The average Bonchev–Trinajstić information content (AvgIpc) is 3.28. The van der Waals surface area contributed by atoms with Gasteiger partial charge in [-0.25, -0.2) is 9.20 Å². The molecule has 0 saturated heterocycles. The smallest absolute Gasteiger partial charge is 0.298 e. The van der Waals surface area contributed by atoms with Crippen LogP contribution in [0.2, 0.25) is 5.02 Å². The molecule has 0 saturated carbocycles. The normalized spacial score (nSPS) is 11.6. The zero-order valence-electron chi connectivity index (χ0n) is 16.3. The third kappa shape index (κ3) is 2.76. The molecule has 3 heterocycles. The number of aromatic amines is 1. The summed E-state index contributed by atoms with van der Waals surface area (Å²) in [5.41, 5.74) is 2.72. The number of rotatable bonds is 3. The Hall–Kier alpha value is -3.65. The zero-order valence-corrected chi connectivity index (χ0v) is 17.0. The van der Waals surface area contributed by atoms with E-state index in [1.165, 1.54) is 4.57 Å². The lowest BCUT2D eigenvalue weighted by Crippen LogP contribution is -2.29. The standard InChI is InChI=1S/C21H17ClN6O2/c1-12-3-7-14(8-4-12)17-24-25-20-27(11-13-5-9-15(22)10-6-13)16-18(29)23-21(30)26(2)19(16)28(17)20/h3-10H,11H2,1-2H3,(H,23,29,30). The highest BCUT2D eigenvalue weighted by Crippen LogP contribution is 2.25. The van der Waals surface area contributed by atoms with Crippen LogP contribution in [-0.4, -0.2) is 28.7 Å². The Labute approximate surface area is 175 Å². The van der Waals surface area contributed by atoms with Crippen LogP contribution in [0.3, 0.4) is 0 Å². The molecule has 3 aromatic heterocycles. The maximum Gasteiger partial charge on any atom is 0.329 e. The Kier molecular flexibility index (Phi) is 4.11. The third-order valence-corrected chi connectivity index (χ3v) is 5.45. The first-order chi connectivity index (χ1) is 14.4. The molecule has 0 aliphatic heterocycles. The van der Waals surface area contributed by atoms with Gasteiger partial charge < -0.3 is 0 Å². The van der Waals surface area contributed by atoms with Crippen LogP contribution in [0, 0.1) is 6.92 Å². The van der Waals surface area contributed by atoms with E-state index < -0.39 is 11.2 Å². The second-order valence-electron chi connectivity index (χ2n) is 7.23. The van der Waals surface area contributed by atoms with Crippen molar-refractivity contribution < 1.29 is 0 Å². The topological polar surface area (TPSA) is 90.0 Å². The van der Waals surface area contributed by atoms with E-state index in [1.54, 1.807) is 28.1 Å². The summed E-state index contributed by atoms with van der Waals surface area (Å²) in [6.45, 7) is 2.38. The maximum absolute atomic E-state index is 12.8. The van der Waals surface area contributed by atoms with E-state index in [0.717, 1.165) is 16.7 Å². The van der Waals surface area contributed by atoms with Crippen molar-refractivity contribution in [3.8, 4) is 11.4 Å². The highest BCUT2D eigenvalue weighted by molar-refractivity contribution is 6.30. The number of hydrogen-bond donors (Lipinski definition) is 1. The van der Waals surface area contributed by atoms with Crippen LogP contribution in [0.4, 0.5) is 0 Å². The van der Waals surface area contributed by atoms with Gasteiger partial charge in [-0.15, -0.1) is 10.2 Å². The minimum Gasteiger partial charge on any atom is -0.298 e. The Bertz CT molecular complexity index is 1520. The second-order valence-corrected chi connectivity index (χ2v) is 7.66. The van der Waals surface area contributed by atoms with Crippen molar-refractivity contribution in [2.75, 3.05) is 0 Å². The number of nitrogens with one attached hydrogen (secondary N) is 1. The van der Waals surface area contributed by atoms with Crippen molar-refractivity contribution in [1.82, 2.24) is 28.7 Å². The lowest BCUT2D eigenvalue weighted by molar-refractivity contribution is 0.809. The number of nitrogens with zero attached hydrogens (tertiary/aromatic N) is 5. The fourth-order valence-electron chi connectivity index (χ4n) is 3.65. The van der Waals surface area contributed by atoms with Crippen molar-refractivity contribution in [1.29, 1.82) is 0 Å². The Morgan fingerprint density at radius 2 is 1.70 bits per heavy atom. The van der Waals surface area contributed by atoms with Gasteiger partial charge >= 0.3 is 5.69 Å². The first-order valence-corrected chi connectivity index (χ1v) is 9.70. The summed E-state index contributed by atoms with van der Waals surface area (Å²) in [6.07, 6.45) is 0. The van der Waals surface area contributed by atoms with E-state index in [0.29, 0.717) is 34.3 Å². The molecule has 0 spiro atoms. The summed E-state index contributed by atoms with van der Waals surface area (Å²) in [7, 11) is 1.62. The molecule has 5 aromatic rings. The summed E-state index contributed by atoms with van der Waals surface area (Å²) in [4.78, 5) is 27.5. The van der Waals surface area contributed by atoms with Crippen LogP contribution in [-0.2, 0) is 13.6 Å². The molecule has 5 rings (SSSR count). The number of fused-ring (bicyclic) bond motifs is 3. The van der Waals surface area contributed by atoms with Crippen molar-refractivity contribution >= 4 is 28.5 Å². The van der Waals surface area contributed by atoms with Gasteiger partial charge in [0.1, 0.15) is 0 Å². The number of H-pyrrole nitrogens is 1. The van der Waals surface area contributed by atoms with E-state index in [-0.39, 0.29) is 0 Å². The largest absolute Gasteiger partial charge is 0.329 e. The molecule has 0 aliphatic rings. The van der Waals surface area contributed by atoms with Crippen molar-refractivity contribution in [3.05, 3.63) is 85.5 Å². The van der Waals surface area contributed by atoms with E-state index in [1.807, 2.05) is 43.3 Å².